The smallest absolute Gasteiger partial charge is 0.377 e. The van der Waals surface area contributed by atoms with E-state index in [1.807, 2.05) is 41.3 Å². The van der Waals surface area contributed by atoms with E-state index >= 15 is 0 Å². The fraction of sp³-hybridized carbons (Fsp3) is 0.125. The minimum Gasteiger partial charge on any atom is -0.463 e. The summed E-state index contributed by atoms with van der Waals surface area (Å²) in [6, 6.07) is 11.1. The van der Waals surface area contributed by atoms with Gasteiger partial charge in [0.2, 0.25) is 0 Å². The number of ether oxygens (including phenoxy) is 1. The van der Waals surface area contributed by atoms with Crippen molar-refractivity contribution in [1.82, 2.24) is 19.7 Å². The number of benzene rings is 1. The first kappa shape index (κ1) is 14.6. The van der Waals surface area contributed by atoms with Crippen molar-refractivity contribution in [3.8, 4) is 5.69 Å². The van der Waals surface area contributed by atoms with Crippen molar-refractivity contribution in [1.29, 1.82) is 0 Å². The molecule has 0 saturated heterocycles. The summed E-state index contributed by atoms with van der Waals surface area (Å²) in [6.07, 6.45) is 1.71. The Labute approximate surface area is 142 Å². The van der Waals surface area contributed by atoms with Gasteiger partial charge in [0, 0.05) is 16.9 Å². The first-order valence-electron chi connectivity index (χ1n) is 7.20. The molecule has 3 aromatic rings. The zero-order valence-electron chi connectivity index (χ0n) is 12.7. The third kappa shape index (κ3) is 2.30. The monoisotopic (exact) mass is 341 g/mol. The van der Waals surface area contributed by atoms with E-state index in [0.717, 1.165) is 17.2 Å². The van der Waals surface area contributed by atoms with Gasteiger partial charge in [-0.15, -0.1) is 5.10 Å². The molecule has 0 radical (unpaired) electrons. The minimum absolute atomic E-state index is 0.0280. The second-order valence-electron chi connectivity index (χ2n) is 5.16. The Bertz CT molecular complexity index is 922. The molecule has 0 atom stereocenters. The predicted molar refractivity (Wildman–Crippen MR) is 87.8 cm³/mol. The summed E-state index contributed by atoms with van der Waals surface area (Å²) >= 11 is 5.97. The highest BCUT2D eigenvalue weighted by molar-refractivity contribution is 6.30. The molecular weight excluding hydrogens is 330 g/mol. The lowest BCUT2D eigenvalue weighted by Crippen LogP contribution is -2.27. The Morgan fingerprint density at radius 1 is 1.25 bits per heavy atom. The molecule has 120 valence electrons. The van der Waals surface area contributed by atoms with Crippen LogP contribution in [-0.4, -0.2) is 32.8 Å². The maximum Gasteiger partial charge on any atom is 0.377 e. The zero-order chi connectivity index (χ0) is 16.7. The van der Waals surface area contributed by atoms with Gasteiger partial charge >= 0.3 is 5.97 Å². The van der Waals surface area contributed by atoms with Crippen LogP contribution < -0.4 is 4.90 Å². The van der Waals surface area contributed by atoms with Crippen LogP contribution in [0.4, 0.5) is 11.5 Å². The lowest BCUT2D eigenvalue weighted by Gasteiger charge is -2.29. The molecular formula is C16H12ClN5O2. The van der Waals surface area contributed by atoms with Crippen molar-refractivity contribution in [3.63, 3.8) is 0 Å². The van der Waals surface area contributed by atoms with Gasteiger partial charge < -0.3 is 9.64 Å². The van der Waals surface area contributed by atoms with Crippen LogP contribution in [0.2, 0.25) is 5.02 Å². The zero-order valence-corrected chi connectivity index (χ0v) is 13.4. The molecule has 0 amide bonds. The minimum atomic E-state index is -0.569. The maximum absolute atomic E-state index is 11.7. The van der Waals surface area contributed by atoms with Crippen molar-refractivity contribution in [2.24, 2.45) is 0 Å². The molecule has 4 rings (SSSR count). The van der Waals surface area contributed by atoms with Crippen molar-refractivity contribution < 1.29 is 9.53 Å². The highest BCUT2D eigenvalue weighted by atomic mass is 35.5. The lowest BCUT2D eigenvalue weighted by atomic mass is 10.2. The molecule has 0 spiro atoms. The summed E-state index contributed by atoms with van der Waals surface area (Å²) in [5, 5.41) is 4.91. The molecule has 0 unspecified atom stereocenters. The van der Waals surface area contributed by atoms with Crippen molar-refractivity contribution in [3.05, 3.63) is 59.3 Å². The summed E-state index contributed by atoms with van der Waals surface area (Å²) in [4.78, 5) is 22.5. The molecule has 1 aromatic carbocycles. The molecule has 0 saturated carbocycles. The van der Waals surface area contributed by atoms with E-state index in [1.165, 1.54) is 7.11 Å². The average molecular weight is 342 g/mol. The van der Waals surface area contributed by atoms with Crippen LogP contribution in [0, 0.1) is 0 Å². The largest absolute Gasteiger partial charge is 0.463 e. The van der Waals surface area contributed by atoms with Crippen LogP contribution in [0.5, 0.6) is 0 Å². The number of halogens is 1. The molecule has 24 heavy (non-hydrogen) atoms. The van der Waals surface area contributed by atoms with Gasteiger partial charge in [0.1, 0.15) is 5.69 Å². The van der Waals surface area contributed by atoms with Gasteiger partial charge in [0.25, 0.3) is 5.82 Å². The Hall–Kier alpha value is -2.93. The van der Waals surface area contributed by atoms with Crippen LogP contribution in [0.1, 0.15) is 16.4 Å². The van der Waals surface area contributed by atoms with Gasteiger partial charge in [-0.3, -0.25) is 0 Å². The predicted octanol–water partition coefficient (Wildman–Crippen LogP) is 2.75. The van der Waals surface area contributed by atoms with Gasteiger partial charge in [-0.1, -0.05) is 11.6 Å². The Morgan fingerprint density at radius 2 is 2.04 bits per heavy atom. The van der Waals surface area contributed by atoms with Crippen molar-refractivity contribution in [2.75, 3.05) is 12.0 Å². The normalized spacial score (nSPS) is 12.5. The van der Waals surface area contributed by atoms with Crippen LogP contribution in [0.3, 0.4) is 0 Å². The number of fused-ring (bicyclic) bond motifs is 3. The third-order valence-electron chi connectivity index (χ3n) is 3.73. The topological polar surface area (TPSA) is 73.1 Å². The van der Waals surface area contributed by atoms with Crippen LogP contribution in [0.25, 0.3) is 5.69 Å². The number of methoxy groups -OCH3 is 1. The quantitative estimate of drug-likeness (QED) is 0.667. The van der Waals surface area contributed by atoms with E-state index in [2.05, 4.69) is 15.1 Å². The van der Waals surface area contributed by atoms with Crippen LogP contribution >= 0.6 is 11.6 Å². The highest BCUT2D eigenvalue weighted by Crippen LogP contribution is 2.35. The van der Waals surface area contributed by atoms with Crippen LogP contribution in [0.15, 0.2) is 42.6 Å². The molecule has 0 aliphatic carbocycles. The molecule has 7 nitrogen and oxygen atoms in total. The molecule has 8 heteroatoms. The molecule has 0 N–H and O–H groups in total. The molecule has 3 heterocycles. The number of hydrogen-bond donors (Lipinski definition) is 0. The lowest BCUT2D eigenvalue weighted by molar-refractivity contribution is 0.0587. The summed E-state index contributed by atoms with van der Waals surface area (Å²) in [5.41, 5.74) is 1.67. The van der Waals surface area contributed by atoms with Crippen LogP contribution in [-0.2, 0) is 11.3 Å². The summed E-state index contributed by atoms with van der Waals surface area (Å²) < 4.78 is 6.33. The Morgan fingerprint density at radius 3 is 2.79 bits per heavy atom. The first-order chi connectivity index (χ1) is 11.7. The molecule has 2 aromatic heterocycles. The Kier molecular flexibility index (Phi) is 3.42. The van der Waals surface area contributed by atoms with Gasteiger partial charge in [-0.2, -0.15) is 0 Å². The number of nitrogens with zero attached hydrogens (tertiary/aromatic N) is 5. The number of carbonyl (C=O) groups excluding carboxylic acids is 1. The summed E-state index contributed by atoms with van der Waals surface area (Å²) in [7, 11) is 1.30. The van der Waals surface area contributed by atoms with Crippen molar-refractivity contribution in [2.45, 2.75) is 6.54 Å². The summed E-state index contributed by atoms with van der Waals surface area (Å²) in [5.74, 6) is 0.820. The van der Waals surface area contributed by atoms with E-state index in [-0.39, 0.29) is 5.82 Å². The van der Waals surface area contributed by atoms with Gasteiger partial charge in [0.05, 0.1) is 13.7 Å². The standard InChI is InChI=1S/C16H12ClN5O2/c1-24-16(23)14-19-13-9-21(11-6-4-10(17)5-7-11)15-12(22(13)20-14)3-2-8-18-15/h2-8H,9H2,1H3. The van der Waals surface area contributed by atoms with Gasteiger partial charge in [-0.25, -0.2) is 19.4 Å². The molecule has 0 fully saturated rings. The highest BCUT2D eigenvalue weighted by Gasteiger charge is 2.28. The number of esters is 1. The fourth-order valence-corrected chi connectivity index (χ4v) is 2.76. The fourth-order valence-electron chi connectivity index (χ4n) is 2.63. The Balaban J connectivity index is 1.85. The molecule has 1 aliphatic rings. The van der Waals surface area contributed by atoms with E-state index in [0.29, 0.717) is 17.4 Å². The number of rotatable bonds is 2. The number of anilines is 2. The third-order valence-corrected chi connectivity index (χ3v) is 3.98. The first-order valence-corrected chi connectivity index (χ1v) is 7.58. The number of carbonyl (C=O) groups is 1. The average Bonchev–Trinajstić information content (AvgIpc) is 3.05. The van der Waals surface area contributed by atoms with E-state index in [1.54, 1.807) is 10.9 Å². The van der Waals surface area contributed by atoms with E-state index < -0.39 is 5.97 Å². The van der Waals surface area contributed by atoms with E-state index in [9.17, 15) is 4.79 Å². The second kappa shape index (κ2) is 5.61. The molecule has 1 aliphatic heterocycles. The van der Waals surface area contributed by atoms with Gasteiger partial charge in [-0.05, 0) is 36.4 Å². The number of pyridine rings is 1. The summed E-state index contributed by atoms with van der Waals surface area (Å²) in [6.45, 7) is 0.426. The maximum atomic E-state index is 11.7. The second-order valence-corrected chi connectivity index (χ2v) is 5.60. The van der Waals surface area contributed by atoms with E-state index in [4.69, 9.17) is 16.3 Å². The SMILES string of the molecule is COC(=O)c1nc2n(n1)-c1cccnc1N(c1ccc(Cl)cc1)C2. The number of aromatic nitrogens is 4. The molecule has 0 bridgehead atoms. The van der Waals surface area contributed by atoms with Gasteiger partial charge in [0.15, 0.2) is 11.6 Å². The van der Waals surface area contributed by atoms with Crippen molar-refractivity contribution >= 4 is 29.1 Å². The number of hydrogen-bond acceptors (Lipinski definition) is 6.